The second-order valence-corrected chi connectivity index (χ2v) is 3.94. The van der Waals surface area contributed by atoms with Gasteiger partial charge in [0.25, 0.3) is 0 Å². The van der Waals surface area contributed by atoms with Crippen LogP contribution in [0.15, 0.2) is 12.2 Å². The van der Waals surface area contributed by atoms with E-state index in [1.165, 1.54) is 0 Å². The van der Waals surface area contributed by atoms with Gasteiger partial charge in [0.2, 0.25) is 0 Å². The zero-order valence-electron chi connectivity index (χ0n) is 10.2. The molecule has 0 fully saturated rings. The van der Waals surface area contributed by atoms with Crippen LogP contribution in [0.1, 0.15) is 47.0 Å². The molecule has 86 valence electrons. The third-order valence-electron chi connectivity index (χ3n) is 1.65. The highest BCUT2D eigenvalue weighted by Gasteiger charge is 2.17. The Morgan fingerprint density at radius 2 is 2.07 bits per heavy atom. The van der Waals surface area contributed by atoms with Crippen LogP contribution in [0.5, 0.6) is 0 Å². The highest BCUT2D eigenvalue weighted by Crippen LogP contribution is 2.11. The maximum Gasteiger partial charge on any atom is 0.160 e. The van der Waals surface area contributed by atoms with E-state index in [2.05, 4.69) is 18.8 Å². The normalized spacial score (nSPS) is 13.7. The van der Waals surface area contributed by atoms with Gasteiger partial charge >= 0.3 is 0 Å². The van der Waals surface area contributed by atoms with Gasteiger partial charge in [-0.15, -0.1) is 11.8 Å². The molecule has 2 nitrogen and oxygen atoms in total. The Morgan fingerprint density at radius 3 is 2.53 bits per heavy atom. The monoisotopic (exact) mass is 210 g/mol. The van der Waals surface area contributed by atoms with Crippen LogP contribution in [0.4, 0.5) is 0 Å². The first-order valence-electron chi connectivity index (χ1n) is 5.48. The summed E-state index contributed by atoms with van der Waals surface area (Å²) in [5, 5.41) is 9.51. The van der Waals surface area contributed by atoms with Gasteiger partial charge in [0.1, 0.15) is 0 Å². The first kappa shape index (κ1) is 14.2. The zero-order valence-corrected chi connectivity index (χ0v) is 10.2. The molecule has 2 heteroatoms. The number of allylic oxidation sites excluding steroid dienone is 1. The highest BCUT2D eigenvalue weighted by molar-refractivity contribution is 5.04. The Morgan fingerprint density at radius 1 is 1.40 bits per heavy atom. The number of rotatable bonds is 5. The van der Waals surface area contributed by atoms with E-state index in [9.17, 15) is 5.11 Å². The average molecular weight is 210 g/mol. The Hall–Kier alpha value is -0.780. The second kappa shape index (κ2) is 7.50. The van der Waals surface area contributed by atoms with E-state index in [4.69, 9.17) is 4.74 Å². The molecule has 0 spiro atoms. The quantitative estimate of drug-likeness (QED) is 0.429. The number of aliphatic hydroxyl groups is 1. The molecule has 0 amide bonds. The predicted molar refractivity (Wildman–Crippen MR) is 63.3 cm³/mol. The minimum atomic E-state index is -1.10. The van der Waals surface area contributed by atoms with Crippen LogP contribution in [0.25, 0.3) is 0 Å². The van der Waals surface area contributed by atoms with E-state index >= 15 is 0 Å². The van der Waals surface area contributed by atoms with Crippen LogP contribution in [-0.4, -0.2) is 17.0 Å². The van der Waals surface area contributed by atoms with E-state index < -0.39 is 5.79 Å². The molecule has 0 aromatic rings. The van der Waals surface area contributed by atoms with Gasteiger partial charge in [0, 0.05) is 12.8 Å². The molecule has 0 bridgehead atoms. The fourth-order valence-electron chi connectivity index (χ4n) is 1.12. The first-order chi connectivity index (χ1) is 6.99. The summed E-state index contributed by atoms with van der Waals surface area (Å²) >= 11 is 0. The molecular weight excluding hydrogens is 188 g/mol. The minimum Gasteiger partial charge on any atom is -0.366 e. The number of hydrogen-bond acceptors (Lipinski definition) is 2. The molecule has 0 aliphatic rings. The molecule has 0 aliphatic carbocycles. The van der Waals surface area contributed by atoms with Gasteiger partial charge in [-0.3, -0.25) is 0 Å². The van der Waals surface area contributed by atoms with Gasteiger partial charge in [-0.1, -0.05) is 19.1 Å². The van der Waals surface area contributed by atoms with Crippen LogP contribution in [-0.2, 0) is 4.74 Å². The molecule has 15 heavy (non-hydrogen) atoms. The Balaban J connectivity index is 4.13. The van der Waals surface area contributed by atoms with Gasteiger partial charge in [-0.2, -0.15) is 0 Å². The van der Waals surface area contributed by atoms with Gasteiger partial charge in [0.15, 0.2) is 5.79 Å². The van der Waals surface area contributed by atoms with Crippen molar-refractivity contribution >= 4 is 0 Å². The fraction of sp³-hybridized carbons (Fsp3) is 0.692. The van der Waals surface area contributed by atoms with Gasteiger partial charge in [-0.05, 0) is 27.2 Å². The lowest BCUT2D eigenvalue weighted by Gasteiger charge is -2.23. The molecule has 0 aromatic carbocycles. The van der Waals surface area contributed by atoms with Crippen molar-refractivity contribution < 1.29 is 9.84 Å². The minimum absolute atomic E-state index is 0.126. The molecule has 0 saturated carbocycles. The lowest BCUT2D eigenvalue weighted by molar-refractivity contribution is -0.193. The Kier molecular flexibility index (Phi) is 7.11. The topological polar surface area (TPSA) is 29.5 Å². The lowest BCUT2D eigenvalue weighted by atomic mass is 10.2. The van der Waals surface area contributed by atoms with E-state index in [1.54, 1.807) is 13.8 Å². The van der Waals surface area contributed by atoms with E-state index in [1.807, 2.05) is 19.1 Å². The predicted octanol–water partition coefficient (Wildman–Crippen LogP) is 2.87. The van der Waals surface area contributed by atoms with Crippen LogP contribution < -0.4 is 0 Å². The zero-order chi connectivity index (χ0) is 11.7. The standard InChI is InChI=1S/C13H22O2/c1-5-7-8-9-11-12(10-6-2)15-13(3,4)14/h6,10,12,14H,5,7,11H2,1-4H3/b10-6+. The maximum atomic E-state index is 9.51. The van der Waals surface area contributed by atoms with E-state index in [0.717, 1.165) is 12.8 Å². The Labute approximate surface area is 93.3 Å². The van der Waals surface area contributed by atoms with E-state index in [0.29, 0.717) is 6.42 Å². The Bertz CT molecular complexity index is 237. The SMILES string of the molecule is C/C=C/C(CC#CCCC)OC(C)(C)O. The molecule has 1 unspecified atom stereocenters. The molecule has 1 N–H and O–H groups in total. The van der Waals surface area contributed by atoms with Crippen molar-refractivity contribution in [3.05, 3.63) is 12.2 Å². The van der Waals surface area contributed by atoms with Gasteiger partial charge < -0.3 is 9.84 Å². The summed E-state index contributed by atoms with van der Waals surface area (Å²) in [4.78, 5) is 0. The number of hydrogen-bond donors (Lipinski definition) is 1. The van der Waals surface area contributed by atoms with Crippen molar-refractivity contribution in [2.45, 2.75) is 58.8 Å². The molecule has 0 rings (SSSR count). The van der Waals surface area contributed by atoms with E-state index in [-0.39, 0.29) is 6.10 Å². The molecule has 0 aromatic heterocycles. The van der Waals surface area contributed by atoms with Crippen molar-refractivity contribution in [1.29, 1.82) is 0 Å². The largest absolute Gasteiger partial charge is 0.366 e. The smallest absolute Gasteiger partial charge is 0.160 e. The fourth-order valence-corrected chi connectivity index (χ4v) is 1.12. The molecule has 0 saturated heterocycles. The third kappa shape index (κ3) is 9.52. The lowest BCUT2D eigenvalue weighted by Crippen LogP contribution is -2.28. The number of ether oxygens (including phenoxy) is 1. The third-order valence-corrected chi connectivity index (χ3v) is 1.65. The van der Waals surface area contributed by atoms with Crippen LogP contribution >= 0.6 is 0 Å². The molecule has 0 heterocycles. The number of unbranched alkanes of at least 4 members (excludes halogenated alkanes) is 1. The van der Waals surface area contributed by atoms with Crippen molar-refractivity contribution in [1.82, 2.24) is 0 Å². The summed E-state index contributed by atoms with van der Waals surface area (Å²) < 4.78 is 5.42. The summed E-state index contributed by atoms with van der Waals surface area (Å²) in [6.45, 7) is 7.29. The average Bonchev–Trinajstić information content (AvgIpc) is 2.10. The van der Waals surface area contributed by atoms with Crippen LogP contribution in [0.2, 0.25) is 0 Å². The second-order valence-electron chi connectivity index (χ2n) is 3.94. The summed E-state index contributed by atoms with van der Waals surface area (Å²) in [6.07, 6.45) is 6.34. The van der Waals surface area contributed by atoms with Crippen molar-refractivity contribution in [2.24, 2.45) is 0 Å². The molecule has 0 radical (unpaired) electrons. The molecule has 0 aliphatic heterocycles. The van der Waals surface area contributed by atoms with Crippen LogP contribution in [0, 0.1) is 11.8 Å². The van der Waals surface area contributed by atoms with Crippen LogP contribution in [0.3, 0.4) is 0 Å². The van der Waals surface area contributed by atoms with Crippen molar-refractivity contribution in [2.75, 3.05) is 0 Å². The maximum absolute atomic E-state index is 9.51. The summed E-state index contributed by atoms with van der Waals surface area (Å²) in [7, 11) is 0. The summed E-state index contributed by atoms with van der Waals surface area (Å²) in [6, 6.07) is 0. The summed E-state index contributed by atoms with van der Waals surface area (Å²) in [5.41, 5.74) is 0. The van der Waals surface area contributed by atoms with Gasteiger partial charge in [0.05, 0.1) is 6.10 Å². The van der Waals surface area contributed by atoms with Crippen molar-refractivity contribution in [3.8, 4) is 11.8 Å². The van der Waals surface area contributed by atoms with Crippen molar-refractivity contribution in [3.63, 3.8) is 0 Å². The molecular formula is C13H22O2. The molecule has 1 atom stereocenters. The first-order valence-corrected chi connectivity index (χ1v) is 5.48. The summed E-state index contributed by atoms with van der Waals surface area (Å²) in [5.74, 6) is 5.02. The highest BCUT2D eigenvalue weighted by atomic mass is 16.6. The van der Waals surface area contributed by atoms with Gasteiger partial charge in [-0.25, -0.2) is 0 Å².